The quantitative estimate of drug-likeness (QED) is 0.458. The van der Waals surface area contributed by atoms with Gasteiger partial charge in [-0.05, 0) is 42.0 Å². The van der Waals surface area contributed by atoms with E-state index < -0.39 is 17.2 Å². The highest BCUT2D eigenvalue weighted by molar-refractivity contribution is 5.93. The fraction of sp³-hybridized carbons (Fsp3) is 0.174. The molecule has 10 heteroatoms. The number of aromatic nitrogens is 4. The second-order valence-electron chi connectivity index (χ2n) is 7.10. The average Bonchev–Trinajstić information content (AvgIpc) is 2.85. The molecule has 0 bridgehead atoms. The summed E-state index contributed by atoms with van der Waals surface area (Å²) in [5, 5.41) is 2.74. The minimum atomic E-state index is -0.620. The molecule has 168 valence electrons. The molecule has 0 radical (unpaired) electrons. The summed E-state index contributed by atoms with van der Waals surface area (Å²) in [5.74, 6) is 0.484. The molecule has 0 atom stereocenters. The van der Waals surface area contributed by atoms with E-state index >= 15 is 0 Å². The number of pyridine rings is 2. The molecule has 0 saturated carbocycles. The van der Waals surface area contributed by atoms with Crippen LogP contribution in [0.25, 0.3) is 11.0 Å². The molecule has 0 fully saturated rings. The number of fused-ring (bicyclic) bond motifs is 1. The normalized spacial score (nSPS) is 10.7. The number of rotatable bonds is 7. The first-order chi connectivity index (χ1) is 16.0. The van der Waals surface area contributed by atoms with Crippen molar-refractivity contribution in [3.05, 3.63) is 87.5 Å². The van der Waals surface area contributed by atoms with Crippen LogP contribution in [-0.4, -0.2) is 39.2 Å². The molecule has 0 aliphatic heterocycles. The van der Waals surface area contributed by atoms with E-state index in [1.807, 2.05) is 0 Å². The zero-order valence-electron chi connectivity index (χ0n) is 18.0. The second-order valence-corrected chi connectivity index (χ2v) is 7.10. The SMILES string of the molecule is COc1ccc(OC)c(NC(=O)Cn2c(=O)n(Cc3ccncc3)c(=O)c3ncccc32)c1. The Morgan fingerprint density at radius 1 is 1.00 bits per heavy atom. The Balaban J connectivity index is 1.74. The number of hydrogen-bond acceptors (Lipinski definition) is 7. The monoisotopic (exact) mass is 447 g/mol. The summed E-state index contributed by atoms with van der Waals surface area (Å²) in [7, 11) is 2.99. The van der Waals surface area contributed by atoms with Crippen LogP contribution in [0.5, 0.6) is 11.5 Å². The Hall–Kier alpha value is -4.47. The van der Waals surface area contributed by atoms with Crippen LogP contribution in [0.3, 0.4) is 0 Å². The number of hydrogen-bond donors (Lipinski definition) is 1. The maximum Gasteiger partial charge on any atom is 0.332 e. The van der Waals surface area contributed by atoms with Gasteiger partial charge in [0.05, 0.1) is 32.0 Å². The predicted molar refractivity (Wildman–Crippen MR) is 122 cm³/mol. The van der Waals surface area contributed by atoms with Gasteiger partial charge in [-0.1, -0.05) is 0 Å². The maximum atomic E-state index is 13.3. The number of benzene rings is 1. The number of carbonyl (C=O) groups excluding carboxylic acids is 1. The van der Waals surface area contributed by atoms with Crippen molar-refractivity contribution >= 4 is 22.6 Å². The number of amides is 1. The molecule has 1 aromatic carbocycles. The zero-order valence-corrected chi connectivity index (χ0v) is 18.0. The molecule has 0 unspecified atom stereocenters. The molecule has 0 aliphatic rings. The molecule has 4 aromatic rings. The van der Waals surface area contributed by atoms with Crippen LogP contribution in [-0.2, 0) is 17.9 Å². The summed E-state index contributed by atoms with van der Waals surface area (Å²) < 4.78 is 12.8. The highest BCUT2D eigenvalue weighted by Crippen LogP contribution is 2.28. The summed E-state index contributed by atoms with van der Waals surface area (Å²) in [6, 6.07) is 11.6. The van der Waals surface area contributed by atoms with Crippen molar-refractivity contribution in [2.45, 2.75) is 13.1 Å². The number of carbonyl (C=O) groups is 1. The lowest BCUT2D eigenvalue weighted by Gasteiger charge is -2.15. The molecule has 1 amide bonds. The molecule has 3 aromatic heterocycles. The third kappa shape index (κ3) is 4.45. The molecule has 0 saturated heterocycles. The number of anilines is 1. The van der Waals surface area contributed by atoms with Gasteiger partial charge < -0.3 is 14.8 Å². The van der Waals surface area contributed by atoms with Gasteiger partial charge in [0, 0.05) is 24.7 Å². The smallest absolute Gasteiger partial charge is 0.332 e. The van der Waals surface area contributed by atoms with E-state index in [0.29, 0.717) is 17.2 Å². The number of nitrogens with one attached hydrogen (secondary N) is 1. The van der Waals surface area contributed by atoms with Gasteiger partial charge in [0.25, 0.3) is 5.56 Å². The second kappa shape index (κ2) is 9.35. The van der Waals surface area contributed by atoms with E-state index in [4.69, 9.17) is 9.47 Å². The first-order valence-corrected chi connectivity index (χ1v) is 10.0. The first-order valence-electron chi connectivity index (χ1n) is 10.0. The van der Waals surface area contributed by atoms with E-state index in [-0.39, 0.29) is 24.1 Å². The van der Waals surface area contributed by atoms with Gasteiger partial charge in [-0.25, -0.2) is 9.78 Å². The Morgan fingerprint density at radius 2 is 1.79 bits per heavy atom. The Kier molecular flexibility index (Phi) is 6.16. The van der Waals surface area contributed by atoms with Crippen LogP contribution in [0.4, 0.5) is 5.69 Å². The minimum Gasteiger partial charge on any atom is -0.497 e. The van der Waals surface area contributed by atoms with Crippen LogP contribution < -0.4 is 26.0 Å². The van der Waals surface area contributed by atoms with Crippen LogP contribution in [0.15, 0.2) is 70.6 Å². The lowest BCUT2D eigenvalue weighted by Crippen LogP contribution is -2.42. The van der Waals surface area contributed by atoms with Crippen molar-refractivity contribution in [1.29, 1.82) is 0 Å². The van der Waals surface area contributed by atoms with Crippen LogP contribution in [0.1, 0.15) is 5.56 Å². The third-order valence-corrected chi connectivity index (χ3v) is 5.06. The summed E-state index contributed by atoms with van der Waals surface area (Å²) in [4.78, 5) is 47.3. The lowest BCUT2D eigenvalue weighted by molar-refractivity contribution is -0.116. The topological polar surface area (TPSA) is 117 Å². The average molecular weight is 447 g/mol. The largest absolute Gasteiger partial charge is 0.497 e. The number of ether oxygens (including phenoxy) is 2. The molecule has 0 aliphatic carbocycles. The highest BCUT2D eigenvalue weighted by Gasteiger charge is 2.17. The van der Waals surface area contributed by atoms with Crippen molar-refractivity contribution in [2.75, 3.05) is 19.5 Å². The van der Waals surface area contributed by atoms with Gasteiger partial charge >= 0.3 is 5.69 Å². The van der Waals surface area contributed by atoms with E-state index in [1.54, 1.807) is 54.9 Å². The van der Waals surface area contributed by atoms with Crippen molar-refractivity contribution in [3.63, 3.8) is 0 Å². The summed E-state index contributed by atoms with van der Waals surface area (Å²) in [6.45, 7) is -0.309. The Bertz CT molecular complexity index is 1430. The fourth-order valence-corrected chi connectivity index (χ4v) is 3.45. The fourth-order valence-electron chi connectivity index (χ4n) is 3.45. The van der Waals surface area contributed by atoms with Crippen molar-refractivity contribution < 1.29 is 14.3 Å². The number of methoxy groups -OCH3 is 2. The lowest BCUT2D eigenvalue weighted by atomic mass is 10.2. The summed E-state index contributed by atoms with van der Waals surface area (Å²) in [6.07, 6.45) is 4.62. The summed E-state index contributed by atoms with van der Waals surface area (Å²) in [5.41, 5.74) is 0.326. The molecule has 1 N–H and O–H groups in total. The van der Waals surface area contributed by atoms with Crippen molar-refractivity contribution in [2.24, 2.45) is 0 Å². The van der Waals surface area contributed by atoms with Gasteiger partial charge in [0.15, 0.2) is 5.52 Å². The summed E-state index contributed by atoms with van der Waals surface area (Å²) >= 11 is 0. The number of nitrogens with zero attached hydrogens (tertiary/aromatic N) is 4. The highest BCUT2D eigenvalue weighted by atomic mass is 16.5. The van der Waals surface area contributed by atoms with E-state index in [0.717, 1.165) is 10.1 Å². The first kappa shape index (κ1) is 21.8. The molecular weight excluding hydrogens is 426 g/mol. The molecule has 10 nitrogen and oxygen atoms in total. The van der Waals surface area contributed by atoms with Crippen LogP contribution >= 0.6 is 0 Å². The molecule has 0 spiro atoms. The van der Waals surface area contributed by atoms with Crippen LogP contribution in [0, 0.1) is 0 Å². The van der Waals surface area contributed by atoms with E-state index in [1.165, 1.54) is 25.0 Å². The van der Waals surface area contributed by atoms with Gasteiger partial charge in [-0.2, -0.15) is 0 Å². The van der Waals surface area contributed by atoms with Gasteiger partial charge in [-0.3, -0.25) is 23.7 Å². The van der Waals surface area contributed by atoms with E-state index in [9.17, 15) is 14.4 Å². The van der Waals surface area contributed by atoms with E-state index in [2.05, 4.69) is 15.3 Å². The Morgan fingerprint density at radius 3 is 2.52 bits per heavy atom. The third-order valence-electron chi connectivity index (χ3n) is 5.06. The molecule has 4 rings (SSSR count). The zero-order chi connectivity index (χ0) is 23.4. The van der Waals surface area contributed by atoms with Crippen LogP contribution in [0.2, 0.25) is 0 Å². The standard InChI is InChI=1S/C23H21N5O5/c1-32-16-5-6-19(33-2)17(12-16)26-20(29)14-27-18-4-3-9-25-21(18)22(30)28(23(27)31)13-15-7-10-24-11-8-15/h3-12H,13-14H2,1-2H3,(H,26,29). The van der Waals surface area contributed by atoms with Gasteiger partial charge in [-0.15, -0.1) is 0 Å². The van der Waals surface area contributed by atoms with Gasteiger partial charge in [0.1, 0.15) is 18.0 Å². The maximum absolute atomic E-state index is 13.3. The van der Waals surface area contributed by atoms with Crippen molar-refractivity contribution in [1.82, 2.24) is 19.1 Å². The molecule has 33 heavy (non-hydrogen) atoms. The van der Waals surface area contributed by atoms with Crippen molar-refractivity contribution in [3.8, 4) is 11.5 Å². The predicted octanol–water partition coefficient (Wildman–Crippen LogP) is 1.66. The van der Waals surface area contributed by atoms with Gasteiger partial charge in [0.2, 0.25) is 5.91 Å². The Labute approximate surface area is 188 Å². The molecular formula is C23H21N5O5. The minimum absolute atomic E-state index is 0.0258. The molecule has 3 heterocycles.